The molecule has 18 heavy (non-hydrogen) atoms. The minimum atomic E-state index is 0.626. The van der Waals surface area contributed by atoms with Crippen molar-refractivity contribution in [3.8, 4) is 28.6 Å². The third kappa shape index (κ3) is 2.11. The summed E-state index contributed by atoms with van der Waals surface area (Å²) in [7, 11) is 4.80. The van der Waals surface area contributed by atoms with E-state index >= 15 is 0 Å². The standard InChI is InChI=1S/C13H16N2O3/c1-8-7-14-13(15-8)9-5-11(17-3)12(18-4)6-10(9)16-2/h5-7H,1-4H3,(H,14,15). The van der Waals surface area contributed by atoms with E-state index in [0.29, 0.717) is 17.2 Å². The molecular formula is C13H16N2O3. The highest BCUT2D eigenvalue weighted by Crippen LogP contribution is 2.38. The first kappa shape index (κ1) is 12.3. The molecule has 0 unspecified atom stereocenters. The Balaban J connectivity index is 2.58. The summed E-state index contributed by atoms with van der Waals surface area (Å²) in [6.45, 7) is 1.95. The van der Waals surface area contributed by atoms with Gasteiger partial charge in [0.15, 0.2) is 11.5 Å². The maximum atomic E-state index is 5.36. The fraction of sp³-hybridized carbons (Fsp3) is 0.308. The van der Waals surface area contributed by atoms with Gasteiger partial charge < -0.3 is 19.2 Å². The zero-order valence-corrected chi connectivity index (χ0v) is 10.9. The first-order valence-electron chi connectivity index (χ1n) is 5.51. The average molecular weight is 248 g/mol. The van der Waals surface area contributed by atoms with Gasteiger partial charge in [-0.25, -0.2) is 4.98 Å². The zero-order valence-electron chi connectivity index (χ0n) is 10.9. The van der Waals surface area contributed by atoms with Gasteiger partial charge in [0.2, 0.25) is 0 Å². The molecule has 0 aliphatic carbocycles. The molecule has 0 saturated carbocycles. The molecule has 0 fully saturated rings. The van der Waals surface area contributed by atoms with Crippen molar-refractivity contribution in [3.05, 3.63) is 24.0 Å². The molecule has 1 N–H and O–H groups in total. The largest absolute Gasteiger partial charge is 0.496 e. The maximum Gasteiger partial charge on any atom is 0.164 e. The molecule has 0 atom stereocenters. The summed E-state index contributed by atoms with van der Waals surface area (Å²) in [6, 6.07) is 3.63. The minimum absolute atomic E-state index is 0.626. The molecule has 1 heterocycles. The number of H-pyrrole nitrogens is 1. The highest BCUT2D eigenvalue weighted by atomic mass is 16.5. The lowest BCUT2D eigenvalue weighted by Crippen LogP contribution is -1.95. The van der Waals surface area contributed by atoms with Crippen LogP contribution >= 0.6 is 0 Å². The van der Waals surface area contributed by atoms with Gasteiger partial charge in [-0.2, -0.15) is 0 Å². The summed E-state index contributed by atoms with van der Waals surface area (Å²) in [5, 5.41) is 0. The quantitative estimate of drug-likeness (QED) is 0.902. The van der Waals surface area contributed by atoms with Crippen LogP contribution in [-0.4, -0.2) is 31.3 Å². The van der Waals surface area contributed by atoms with Crippen molar-refractivity contribution in [3.63, 3.8) is 0 Å². The van der Waals surface area contributed by atoms with Crippen molar-refractivity contribution >= 4 is 0 Å². The number of benzene rings is 1. The Morgan fingerprint density at radius 3 is 2.06 bits per heavy atom. The van der Waals surface area contributed by atoms with Crippen LogP contribution in [0.4, 0.5) is 0 Å². The number of nitrogens with zero attached hydrogens (tertiary/aromatic N) is 1. The first-order chi connectivity index (χ1) is 8.69. The topological polar surface area (TPSA) is 56.4 Å². The summed E-state index contributed by atoms with van der Waals surface area (Å²) < 4.78 is 15.9. The molecule has 5 nitrogen and oxygen atoms in total. The highest BCUT2D eigenvalue weighted by Gasteiger charge is 2.15. The van der Waals surface area contributed by atoms with Crippen LogP contribution in [0.5, 0.6) is 17.2 Å². The van der Waals surface area contributed by atoms with Gasteiger partial charge in [-0.15, -0.1) is 0 Å². The Bertz CT molecular complexity index is 549. The van der Waals surface area contributed by atoms with Gasteiger partial charge in [0, 0.05) is 18.0 Å². The van der Waals surface area contributed by atoms with Crippen molar-refractivity contribution in [1.29, 1.82) is 0 Å². The Kier molecular flexibility index (Phi) is 3.41. The second-order valence-electron chi connectivity index (χ2n) is 3.82. The molecule has 0 saturated heterocycles. The van der Waals surface area contributed by atoms with E-state index in [9.17, 15) is 0 Å². The maximum absolute atomic E-state index is 5.36. The van der Waals surface area contributed by atoms with Crippen LogP contribution in [0.25, 0.3) is 11.4 Å². The molecule has 96 valence electrons. The third-order valence-electron chi connectivity index (χ3n) is 2.66. The van der Waals surface area contributed by atoms with Crippen molar-refractivity contribution in [2.75, 3.05) is 21.3 Å². The highest BCUT2D eigenvalue weighted by molar-refractivity contribution is 5.69. The molecule has 0 amide bonds. The molecule has 2 rings (SSSR count). The monoisotopic (exact) mass is 248 g/mol. The van der Waals surface area contributed by atoms with Gasteiger partial charge in [-0.3, -0.25) is 0 Å². The predicted molar refractivity (Wildman–Crippen MR) is 68.4 cm³/mol. The van der Waals surface area contributed by atoms with Crippen LogP contribution in [0.3, 0.4) is 0 Å². The van der Waals surface area contributed by atoms with Gasteiger partial charge in [-0.1, -0.05) is 0 Å². The Morgan fingerprint density at radius 1 is 0.944 bits per heavy atom. The number of hydrogen-bond acceptors (Lipinski definition) is 4. The van der Waals surface area contributed by atoms with E-state index in [2.05, 4.69) is 9.97 Å². The van der Waals surface area contributed by atoms with Gasteiger partial charge in [0.25, 0.3) is 0 Å². The number of aryl methyl sites for hydroxylation is 1. The number of methoxy groups -OCH3 is 3. The van der Waals surface area contributed by atoms with Crippen LogP contribution in [-0.2, 0) is 0 Å². The fourth-order valence-electron chi connectivity index (χ4n) is 1.76. The SMILES string of the molecule is COc1cc(OC)c(-c2ncc(C)[nH]2)cc1OC. The van der Waals surface area contributed by atoms with Crippen molar-refractivity contribution in [2.24, 2.45) is 0 Å². The molecule has 0 aliphatic rings. The molecule has 0 bridgehead atoms. The van der Waals surface area contributed by atoms with Crippen LogP contribution < -0.4 is 14.2 Å². The number of ether oxygens (including phenoxy) is 3. The van der Waals surface area contributed by atoms with E-state index < -0.39 is 0 Å². The lowest BCUT2D eigenvalue weighted by molar-refractivity contribution is 0.349. The molecule has 2 aromatic rings. The number of rotatable bonds is 4. The Morgan fingerprint density at radius 2 is 1.56 bits per heavy atom. The fourth-order valence-corrected chi connectivity index (χ4v) is 1.76. The number of hydrogen-bond donors (Lipinski definition) is 1. The predicted octanol–water partition coefficient (Wildman–Crippen LogP) is 2.41. The van der Waals surface area contributed by atoms with E-state index in [1.54, 1.807) is 33.6 Å². The Labute approximate surface area is 106 Å². The van der Waals surface area contributed by atoms with E-state index in [-0.39, 0.29) is 0 Å². The summed E-state index contributed by atoms with van der Waals surface area (Å²) >= 11 is 0. The van der Waals surface area contributed by atoms with E-state index in [1.165, 1.54) is 0 Å². The van der Waals surface area contributed by atoms with Crippen molar-refractivity contribution < 1.29 is 14.2 Å². The van der Waals surface area contributed by atoms with Gasteiger partial charge in [0.1, 0.15) is 11.6 Å². The zero-order chi connectivity index (χ0) is 13.1. The smallest absolute Gasteiger partial charge is 0.164 e. The molecule has 5 heteroatoms. The first-order valence-corrected chi connectivity index (χ1v) is 5.51. The summed E-state index contributed by atoms with van der Waals surface area (Å²) in [4.78, 5) is 7.46. The van der Waals surface area contributed by atoms with Gasteiger partial charge in [0.05, 0.1) is 26.9 Å². The van der Waals surface area contributed by atoms with Gasteiger partial charge >= 0.3 is 0 Å². The molecule has 0 aliphatic heterocycles. The van der Waals surface area contributed by atoms with E-state index in [0.717, 1.165) is 17.1 Å². The van der Waals surface area contributed by atoms with Crippen LogP contribution in [0.15, 0.2) is 18.3 Å². The van der Waals surface area contributed by atoms with Crippen LogP contribution in [0.1, 0.15) is 5.69 Å². The molecule has 1 aromatic carbocycles. The van der Waals surface area contributed by atoms with Gasteiger partial charge in [-0.05, 0) is 13.0 Å². The van der Waals surface area contributed by atoms with Crippen molar-refractivity contribution in [2.45, 2.75) is 6.92 Å². The number of nitrogens with one attached hydrogen (secondary N) is 1. The lowest BCUT2D eigenvalue weighted by atomic mass is 10.1. The number of imidazole rings is 1. The lowest BCUT2D eigenvalue weighted by Gasteiger charge is -2.12. The van der Waals surface area contributed by atoms with E-state index in [4.69, 9.17) is 14.2 Å². The normalized spacial score (nSPS) is 10.2. The second kappa shape index (κ2) is 5.00. The minimum Gasteiger partial charge on any atom is -0.496 e. The summed E-state index contributed by atoms with van der Waals surface area (Å²) in [5.74, 6) is 2.69. The van der Waals surface area contributed by atoms with Crippen LogP contribution in [0.2, 0.25) is 0 Å². The van der Waals surface area contributed by atoms with Crippen LogP contribution in [0, 0.1) is 6.92 Å². The third-order valence-corrected chi connectivity index (χ3v) is 2.66. The molecule has 1 aromatic heterocycles. The second-order valence-corrected chi connectivity index (χ2v) is 3.82. The number of aromatic amines is 1. The van der Waals surface area contributed by atoms with Crippen molar-refractivity contribution in [1.82, 2.24) is 9.97 Å². The molecular weight excluding hydrogens is 232 g/mol. The molecule has 0 radical (unpaired) electrons. The number of aromatic nitrogens is 2. The summed E-state index contributed by atoms with van der Waals surface area (Å²) in [6.07, 6.45) is 1.77. The summed E-state index contributed by atoms with van der Waals surface area (Å²) in [5.41, 5.74) is 1.82. The molecule has 0 spiro atoms. The average Bonchev–Trinajstić information content (AvgIpc) is 2.83. The van der Waals surface area contributed by atoms with E-state index in [1.807, 2.05) is 13.0 Å². The Hall–Kier alpha value is -2.17.